The van der Waals surface area contributed by atoms with Crippen molar-refractivity contribution in [1.29, 1.82) is 0 Å². The zero-order valence-electron chi connectivity index (χ0n) is 15.6. The summed E-state index contributed by atoms with van der Waals surface area (Å²) in [4.78, 5) is 13.4. The van der Waals surface area contributed by atoms with Gasteiger partial charge < -0.3 is 15.6 Å². The Morgan fingerprint density at radius 2 is 2.07 bits per heavy atom. The monoisotopic (exact) mass is 390 g/mol. The summed E-state index contributed by atoms with van der Waals surface area (Å²) >= 11 is 0. The minimum atomic E-state index is -0.347. The number of aromatic nitrogens is 6. The molecule has 2 unspecified atom stereocenters. The van der Waals surface area contributed by atoms with E-state index in [1.54, 1.807) is 17.1 Å². The molecule has 0 aliphatic carbocycles. The number of hydrogen-bond donors (Lipinski definition) is 2. The Morgan fingerprint density at radius 3 is 2.86 bits per heavy atom. The van der Waals surface area contributed by atoms with Gasteiger partial charge in [0.15, 0.2) is 17.3 Å². The van der Waals surface area contributed by atoms with Crippen molar-refractivity contribution in [2.45, 2.75) is 25.3 Å². The zero-order chi connectivity index (χ0) is 19.8. The Labute approximate surface area is 166 Å². The summed E-state index contributed by atoms with van der Waals surface area (Å²) in [5, 5.41) is 13.7. The fraction of sp³-hybridized carbons (Fsp3) is 0.250. The third-order valence-corrected chi connectivity index (χ3v) is 4.94. The minimum absolute atomic E-state index is 0.0252. The highest BCUT2D eigenvalue weighted by Gasteiger charge is 2.28. The van der Waals surface area contributed by atoms with E-state index in [0.29, 0.717) is 35.8 Å². The molecular formula is C20H20N7O2. The zero-order valence-corrected chi connectivity index (χ0v) is 15.6. The van der Waals surface area contributed by atoms with E-state index in [1.165, 1.54) is 0 Å². The Kier molecular flexibility index (Phi) is 4.45. The van der Waals surface area contributed by atoms with Crippen LogP contribution >= 0.6 is 0 Å². The number of imidazole rings is 1. The van der Waals surface area contributed by atoms with Crippen LogP contribution in [0.5, 0.6) is 0 Å². The highest BCUT2D eigenvalue weighted by atomic mass is 16.5. The van der Waals surface area contributed by atoms with Gasteiger partial charge in [-0.05, 0) is 12.0 Å². The fourth-order valence-corrected chi connectivity index (χ4v) is 3.46. The lowest BCUT2D eigenvalue weighted by molar-refractivity contribution is -0.0140. The lowest BCUT2D eigenvalue weighted by Crippen LogP contribution is -2.14. The molecule has 0 saturated carbocycles. The first-order valence-corrected chi connectivity index (χ1v) is 9.37. The number of anilines is 1. The molecule has 9 heteroatoms. The molecule has 9 nitrogen and oxygen atoms in total. The van der Waals surface area contributed by atoms with Gasteiger partial charge in [0.25, 0.3) is 0 Å². The van der Waals surface area contributed by atoms with Crippen LogP contribution in [0.25, 0.3) is 22.6 Å². The second kappa shape index (κ2) is 7.26. The van der Waals surface area contributed by atoms with Crippen molar-refractivity contribution in [3.05, 3.63) is 61.0 Å². The molecule has 147 valence electrons. The maximum Gasteiger partial charge on any atom is 0.168 e. The van der Waals surface area contributed by atoms with Crippen molar-refractivity contribution in [1.82, 2.24) is 29.3 Å². The Morgan fingerprint density at radius 1 is 1.21 bits per heavy atom. The van der Waals surface area contributed by atoms with Gasteiger partial charge in [0, 0.05) is 12.6 Å². The number of fused-ring (bicyclic) bond motifs is 1. The summed E-state index contributed by atoms with van der Waals surface area (Å²) in [6.07, 6.45) is 7.35. The molecule has 29 heavy (non-hydrogen) atoms. The highest BCUT2D eigenvalue weighted by molar-refractivity contribution is 5.83. The second-order valence-electron chi connectivity index (χ2n) is 6.97. The first kappa shape index (κ1) is 17.8. The van der Waals surface area contributed by atoms with Crippen molar-refractivity contribution in [3.8, 4) is 11.4 Å². The second-order valence-corrected chi connectivity index (χ2v) is 6.97. The van der Waals surface area contributed by atoms with Crippen LogP contribution in [0.4, 0.5) is 5.82 Å². The van der Waals surface area contributed by atoms with Crippen LogP contribution < -0.4 is 5.73 Å². The Hall–Kier alpha value is -3.30. The van der Waals surface area contributed by atoms with Crippen LogP contribution in [0.15, 0.2) is 49.1 Å². The van der Waals surface area contributed by atoms with Crippen molar-refractivity contribution >= 4 is 17.0 Å². The molecule has 1 aliphatic rings. The maximum atomic E-state index is 9.31. The third kappa shape index (κ3) is 3.34. The third-order valence-electron chi connectivity index (χ3n) is 4.94. The first-order chi connectivity index (χ1) is 14.2. The van der Waals surface area contributed by atoms with E-state index in [0.717, 1.165) is 11.1 Å². The average molecular weight is 390 g/mol. The quantitative estimate of drug-likeness (QED) is 0.534. The van der Waals surface area contributed by atoms with Gasteiger partial charge in [0.2, 0.25) is 0 Å². The Bertz CT molecular complexity index is 1140. The molecule has 1 fully saturated rings. The van der Waals surface area contributed by atoms with Crippen molar-refractivity contribution in [3.63, 3.8) is 0 Å². The molecule has 4 heterocycles. The first-order valence-electron chi connectivity index (χ1n) is 9.37. The SMILES string of the molecule is Nc1nc(-c2cnn(Cc3ccccc3)c2)nc2c1ncn2C1[CH]CC(CO)O1. The topological polar surface area (TPSA) is 117 Å². The molecule has 3 aromatic heterocycles. The van der Waals surface area contributed by atoms with Gasteiger partial charge in [-0.15, -0.1) is 0 Å². The van der Waals surface area contributed by atoms with Crippen molar-refractivity contribution in [2.24, 2.45) is 0 Å². The molecule has 2 atom stereocenters. The van der Waals surface area contributed by atoms with Gasteiger partial charge >= 0.3 is 0 Å². The Balaban J connectivity index is 1.47. The number of nitrogens with zero attached hydrogens (tertiary/aromatic N) is 6. The van der Waals surface area contributed by atoms with Gasteiger partial charge in [-0.2, -0.15) is 5.10 Å². The number of nitrogens with two attached hydrogens (primary N) is 1. The molecule has 0 spiro atoms. The number of benzene rings is 1. The predicted octanol–water partition coefficient (Wildman–Crippen LogP) is 1.80. The van der Waals surface area contributed by atoms with E-state index in [-0.39, 0.29) is 18.9 Å². The van der Waals surface area contributed by atoms with Gasteiger partial charge in [-0.3, -0.25) is 9.25 Å². The molecule has 0 amide bonds. The minimum Gasteiger partial charge on any atom is -0.394 e. The van der Waals surface area contributed by atoms with Crippen molar-refractivity contribution < 1.29 is 9.84 Å². The summed E-state index contributed by atoms with van der Waals surface area (Å²) in [6, 6.07) is 10.1. The molecule has 4 aromatic rings. The van der Waals surface area contributed by atoms with Crippen LogP contribution in [-0.2, 0) is 11.3 Å². The fourth-order valence-electron chi connectivity index (χ4n) is 3.46. The maximum absolute atomic E-state index is 9.31. The average Bonchev–Trinajstić information content (AvgIpc) is 3.47. The summed E-state index contributed by atoms with van der Waals surface area (Å²) in [6.45, 7) is 0.631. The number of rotatable bonds is 5. The normalized spacial score (nSPS) is 19.2. The van der Waals surface area contributed by atoms with Gasteiger partial charge in [-0.1, -0.05) is 30.3 Å². The van der Waals surface area contributed by atoms with Crippen LogP contribution in [-0.4, -0.2) is 47.1 Å². The van der Waals surface area contributed by atoms with Crippen molar-refractivity contribution in [2.75, 3.05) is 12.3 Å². The number of aliphatic hydroxyl groups is 1. The van der Waals surface area contributed by atoms with Crippen LogP contribution in [0.1, 0.15) is 18.2 Å². The molecular weight excluding hydrogens is 370 g/mol. The number of aliphatic hydroxyl groups excluding tert-OH is 1. The van der Waals surface area contributed by atoms with Crippen LogP contribution in [0.3, 0.4) is 0 Å². The number of ether oxygens (including phenoxy) is 1. The van der Waals surface area contributed by atoms with E-state index in [2.05, 4.69) is 32.2 Å². The summed E-state index contributed by atoms with van der Waals surface area (Å²) in [5.74, 6) is 0.782. The lowest BCUT2D eigenvalue weighted by Gasteiger charge is -2.14. The summed E-state index contributed by atoms with van der Waals surface area (Å²) in [5.41, 5.74) is 9.18. The van der Waals surface area contributed by atoms with E-state index >= 15 is 0 Å². The van der Waals surface area contributed by atoms with Gasteiger partial charge in [0.1, 0.15) is 11.7 Å². The molecule has 0 bridgehead atoms. The van der Waals surface area contributed by atoms with E-state index < -0.39 is 0 Å². The van der Waals surface area contributed by atoms with E-state index in [9.17, 15) is 5.11 Å². The molecule has 1 saturated heterocycles. The standard InChI is InChI=1S/C20H20N7O2/c21-18-17-20(27(12-22-17)16-7-6-15(11-28)29-16)25-19(24-18)14-8-23-26(10-14)9-13-4-2-1-3-5-13/h1-5,7-8,10,12,15-16,28H,6,9,11H2,(H2,21,24,25). The summed E-state index contributed by atoms with van der Waals surface area (Å²) in [7, 11) is 0. The number of nitrogen functional groups attached to an aromatic ring is 1. The summed E-state index contributed by atoms with van der Waals surface area (Å²) < 4.78 is 9.46. The highest BCUT2D eigenvalue weighted by Crippen LogP contribution is 2.31. The molecule has 1 aliphatic heterocycles. The molecule has 5 rings (SSSR count). The predicted molar refractivity (Wildman–Crippen MR) is 106 cm³/mol. The van der Waals surface area contributed by atoms with E-state index in [1.807, 2.05) is 35.5 Å². The van der Waals surface area contributed by atoms with Gasteiger partial charge in [0.05, 0.1) is 37.3 Å². The lowest BCUT2D eigenvalue weighted by atomic mass is 10.2. The molecule has 3 N–H and O–H groups in total. The van der Waals surface area contributed by atoms with Gasteiger partial charge in [-0.25, -0.2) is 15.0 Å². The number of hydrogen-bond acceptors (Lipinski definition) is 7. The smallest absolute Gasteiger partial charge is 0.168 e. The molecule has 1 radical (unpaired) electrons. The van der Waals surface area contributed by atoms with Crippen LogP contribution in [0, 0.1) is 6.42 Å². The largest absolute Gasteiger partial charge is 0.394 e. The molecule has 1 aromatic carbocycles. The van der Waals surface area contributed by atoms with E-state index in [4.69, 9.17) is 10.5 Å². The van der Waals surface area contributed by atoms with Crippen LogP contribution in [0.2, 0.25) is 0 Å².